The van der Waals surface area contributed by atoms with Crippen LogP contribution in [0, 0.1) is 0 Å². The van der Waals surface area contributed by atoms with E-state index in [4.69, 9.17) is 11.5 Å². The van der Waals surface area contributed by atoms with E-state index in [0.717, 1.165) is 32.7 Å². The summed E-state index contributed by atoms with van der Waals surface area (Å²) in [5.41, 5.74) is 15.7. The summed E-state index contributed by atoms with van der Waals surface area (Å²) in [6.07, 6.45) is 4.70. The summed E-state index contributed by atoms with van der Waals surface area (Å²) in [5, 5.41) is 20.7. The largest absolute Gasteiger partial charge is 0.480 e. The molecule has 4 unspecified atom stereocenters. The highest BCUT2D eigenvalue weighted by Crippen LogP contribution is 2.22. The molecule has 4 amide bonds. The summed E-state index contributed by atoms with van der Waals surface area (Å²) < 4.78 is 0. The van der Waals surface area contributed by atoms with Gasteiger partial charge in [0.25, 0.3) is 0 Å². The van der Waals surface area contributed by atoms with E-state index >= 15 is 0 Å². The van der Waals surface area contributed by atoms with Crippen LogP contribution in [0.15, 0.2) is 91.4 Å². The quantitative estimate of drug-likeness (QED) is 0.0774. The molecule has 0 fully saturated rings. The molecular weight excluding hydrogens is 652 g/mol. The Morgan fingerprint density at radius 2 is 0.922 bits per heavy atom. The first kappa shape index (κ1) is 34.5. The summed E-state index contributed by atoms with van der Waals surface area (Å²) in [4.78, 5) is 74.7. The fraction of sp³-hybridized carbons (Fsp3) is 0.216. The third kappa shape index (κ3) is 7.92. The second kappa shape index (κ2) is 15.0. The predicted octanol–water partition coefficient (Wildman–Crippen LogP) is 1.90. The molecule has 4 atom stereocenters. The molecule has 0 saturated heterocycles. The lowest BCUT2D eigenvalue weighted by molar-refractivity contribution is -0.142. The molecule has 3 aromatic carbocycles. The zero-order valence-corrected chi connectivity index (χ0v) is 27.4. The maximum absolute atomic E-state index is 14.1. The Morgan fingerprint density at radius 1 is 0.569 bits per heavy atom. The Morgan fingerprint density at radius 3 is 1.31 bits per heavy atom. The van der Waals surface area contributed by atoms with Crippen LogP contribution in [0.25, 0.3) is 32.7 Å². The number of carboxylic acid groups (broad SMARTS) is 1. The minimum absolute atomic E-state index is 0.00402. The molecule has 0 bridgehead atoms. The number of rotatable bonds is 15. The monoisotopic (exact) mass is 690 g/mol. The number of aliphatic carboxylic acids is 1. The molecule has 0 aliphatic carbocycles. The van der Waals surface area contributed by atoms with Crippen molar-refractivity contribution in [2.75, 3.05) is 0 Å². The average Bonchev–Trinajstić information content (AvgIpc) is 3.84. The van der Waals surface area contributed by atoms with E-state index < -0.39 is 60.2 Å². The van der Waals surface area contributed by atoms with Crippen molar-refractivity contribution >= 4 is 62.3 Å². The van der Waals surface area contributed by atoms with Crippen LogP contribution in [0.5, 0.6) is 0 Å². The van der Waals surface area contributed by atoms with Crippen LogP contribution in [-0.2, 0) is 43.2 Å². The normalized spacial score (nSPS) is 13.7. The van der Waals surface area contributed by atoms with Crippen LogP contribution >= 0.6 is 0 Å². The van der Waals surface area contributed by atoms with Gasteiger partial charge in [0.05, 0.1) is 12.5 Å². The van der Waals surface area contributed by atoms with Gasteiger partial charge in [0, 0.05) is 70.6 Å². The number of para-hydroxylation sites is 3. The number of amides is 4. The van der Waals surface area contributed by atoms with Gasteiger partial charge in [-0.2, -0.15) is 0 Å². The molecule has 0 radical (unpaired) electrons. The molecule has 6 aromatic rings. The Bertz CT molecular complexity index is 2240. The third-order valence-electron chi connectivity index (χ3n) is 8.94. The molecule has 14 heteroatoms. The number of nitrogens with two attached hydrogens (primary N) is 2. The summed E-state index contributed by atoms with van der Waals surface area (Å²) >= 11 is 0. The van der Waals surface area contributed by atoms with E-state index in [1.807, 2.05) is 72.8 Å². The lowest BCUT2D eigenvalue weighted by Crippen LogP contribution is -2.58. The number of hydrogen-bond acceptors (Lipinski definition) is 6. The van der Waals surface area contributed by atoms with E-state index in [9.17, 15) is 29.1 Å². The second-order valence-corrected chi connectivity index (χ2v) is 12.5. The van der Waals surface area contributed by atoms with Crippen LogP contribution in [0.2, 0.25) is 0 Å². The summed E-state index contributed by atoms with van der Waals surface area (Å²) in [6, 6.07) is 17.2. The number of nitrogens with one attached hydrogen (secondary N) is 6. The Hall–Kier alpha value is -6.41. The number of H-pyrrole nitrogens is 3. The highest BCUT2D eigenvalue weighted by molar-refractivity contribution is 5.96. The number of carboxylic acids is 1. The van der Waals surface area contributed by atoms with Crippen LogP contribution in [0.1, 0.15) is 23.1 Å². The molecule has 14 nitrogen and oxygen atoms in total. The van der Waals surface area contributed by atoms with Gasteiger partial charge < -0.3 is 47.5 Å². The molecule has 262 valence electrons. The Labute approximate surface area is 291 Å². The van der Waals surface area contributed by atoms with Gasteiger partial charge in [-0.15, -0.1) is 0 Å². The minimum Gasteiger partial charge on any atom is -0.480 e. The van der Waals surface area contributed by atoms with Crippen LogP contribution in [0.3, 0.4) is 0 Å². The van der Waals surface area contributed by atoms with Crippen molar-refractivity contribution in [3.8, 4) is 0 Å². The maximum atomic E-state index is 14.1. The molecule has 0 spiro atoms. The number of fused-ring (bicyclic) bond motifs is 3. The third-order valence-corrected chi connectivity index (χ3v) is 8.94. The van der Waals surface area contributed by atoms with Gasteiger partial charge in [0.2, 0.25) is 23.6 Å². The molecule has 6 rings (SSSR count). The molecule has 3 aromatic heterocycles. The smallest absolute Gasteiger partial charge is 0.326 e. The van der Waals surface area contributed by atoms with Gasteiger partial charge in [-0.3, -0.25) is 19.2 Å². The second-order valence-electron chi connectivity index (χ2n) is 12.5. The van der Waals surface area contributed by atoms with Crippen LogP contribution < -0.4 is 27.4 Å². The van der Waals surface area contributed by atoms with Crippen molar-refractivity contribution in [1.29, 1.82) is 0 Å². The first-order valence-electron chi connectivity index (χ1n) is 16.4. The molecule has 51 heavy (non-hydrogen) atoms. The molecule has 0 aliphatic rings. The molecule has 11 N–H and O–H groups in total. The van der Waals surface area contributed by atoms with Gasteiger partial charge in [-0.25, -0.2) is 4.79 Å². The molecule has 0 saturated carbocycles. The van der Waals surface area contributed by atoms with Crippen molar-refractivity contribution in [2.24, 2.45) is 11.5 Å². The zero-order valence-electron chi connectivity index (χ0n) is 27.4. The molecule has 0 aliphatic heterocycles. The number of hydrogen-bond donors (Lipinski definition) is 9. The Balaban J connectivity index is 1.29. The van der Waals surface area contributed by atoms with Crippen LogP contribution in [0.4, 0.5) is 0 Å². The Kier molecular flexibility index (Phi) is 10.1. The molecule has 3 heterocycles. The standard InChI is InChI=1S/C37H38N8O6/c38-26(16-33(39)46)34(47)43-30(13-20-17-40-27-10-4-1-7-23(20)27)35(48)44-31(14-21-18-41-28-11-5-2-8-24(21)28)36(49)45-32(37(50)51)15-22-19-42-29-12-6-3-9-25(22)29/h1-12,17-19,26,30-32,40-42H,13-16,38H2,(H2,39,46)(H,43,47)(H,44,48)(H,45,49)(H,50,51). The van der Waals surface area contributed by atoms with Crippen LogP contribution in [-0.4, -0.2) is 73.8 Å². The first-order chi connectivity index (χ1) is 24.6. The van der Waals surface area contributed by atoms with E-state index in [1.165, 1.54) is 0 Å². The van der Waals surface area contributed by atoms with E-state index in [1.54, 1.807) is 18.6 Å². The lowest BCUT2D eigenvalue weighted by Gasteiger charge is -2.25. The van der Waals surface area contributed by atoms with Crippen molar-refractivity contribution in [1.82, 2.24) is 30.9 Å². The SMILES string of the molecule is NC(=O)CC(N)C(=O)NC(Cc1c[nH]c2ccccc12)C(=O)NC(Cc1c[nH]c2ccccc12)C(=O)NC(Cc1c[nH]c2ccccc12)C(=O)O. The number of aromatic amines is 3. The van der Waals surface area contributed by atoms with Crippen molar-refractivity contribution < 1.29 is 29.1 Å². The minimum atomic E-state index is -1.33. The van der Waals surface area contributed by atoms with Gasteiger partial charge >= 0.3 is 5.97 Å². The number of benzene rings is 3. The van der Waals surface area contributed by atoms with Gasteiger partial charge in [-0.05, 0) is 34.9 Å². The average molecular weight is 691 g/mol. The maximum Gasteiger partial charge on any atom is 0.326 e. The van der Waals surface area contributed by atoms with Gasteiger partial charge in [-0.1, -0.05) is 54.6 Å². The number of carbonyl (C=O) groups is 5. The number of primary amides is 1. The van der Waals surface area contributed by atoms with Crippen molar-refractivity contribution in [3.63, 3.8) is 0 Å². The summed E-state index contributed by atoms with van der Waals surface area (Å²) in [6.45, 7) is 0. The summed E-state index contributed by atoms with van der Waals surface area (Å²) in [5.74, 6) is -4.27. The van der Waals surface area contributed by atoms with E-state index in [0.29, 0.717) is 16.7 Å². The lowest BCUT2D eigenvalue weighted by atomic mass is 10.0. The topological polar surface area (TPSA) is 241 Å². The zero-order chi connectivity index (χ0) is 36.1. The number of aromatic nitrogens is 3. The van der Waals surface area contributed by atoms with Gasteiger partial charge in [0.1, 0.15) is 18.1 Å². The van der Waals surface area contributed by atoms with Gasteiger partial charge in [0.15, 0.2) is 0 Å². The molecular formula is C37H38N8O6. The van der Waals surface area contributed by atoms with E-state index in [2.05, 4.69) is 30.9 Å². The fourth-order valence-corrected chi connectivity index (χ4v) is 6.31. The summed E-state index contributed by atoms with van der Waals surface area (Å²) in [7, 11) is 0. The first-order valence-corrected chi connectivity index (χ1v) is 16.4. The fourth-order valence-electron chi connectivity index (χ4n) is 6.31. The number of carbonyl (C=O) groups excluding carboxylic acids is 4. The van der Waals surface area contributed by atoms with E-state index in [-0.39, 0.29) is 19.3 Å². The van der Waals surface area contributed by atoms with Crippen molar-refractivity contribution in [2.45, 2.75) is 49.9 Å². The highest BCUT2D eigenvalue weighted by atomic mass is 16.4. The predicted molar refractivity (Wildman–Crippen MR) is 191 cm³/mol. The van der Waals surface area contributed by atoms with Crippen molar-refractivity contribution in [3.05, 3.63) is 108 Å². The highest BCUT2D eigenvalue weighted by Gasteiger charge is 2.32.